The number of rotatable bonds is 12. The van der Waals surface area contributed by atoms with Crippen LogP contribution in [-0.4, -0.2) is 47.4 Å². The Balaban J connectivity index is 1.45. The molecule has 202 valence electrons. The van der Waals surface area contributed by atoms with Gasteiger partial charge in [0.2, 0.25) is 0 Å². The zero-order chi connectivity index (χ0) is 27.4. The zero-order valence-electron chi connectivity index (χ0n) is 19.5. The predicted molar refractivity (Wildman–Crippen MR) is 133 cm³/mol. The number of benzene rings is 3. The summed E-state index contributed by atoms with van der Waals surface area (Å²) in [6, 6.07) is 24.9. The van der Waals surface area contributed by atoms with Crippen LogP contribution in [0, 0.1) is 0 Å². The van der Waals surface area contributed by atoms with Gasteiger partial charge in [0.15, 0.2) is 21.3 Å². The van der Waals surface area contributed by atoms with Crippen molar-refractivity contribution in [1.82, 2.24) is 4.13 Å². The quantitative estimate of drug-likeness (QED) is 0.195. The van der Waals surface area contributed by atoms with Crippen molar-refractivity contribution in [3.05, 3.63) is 84.9 Å². The second kappa shape index (κ2) is 11.4. The highest BCUT2D eigenvalue weighted by Gasteiger charge is 2.49. The Morgan fingerprint density at radius 2 is 1.39 bits per heavy atom. The maximum absolute atomic E-state index is 14.2. The number of sulfonamides is 1. The lowest BCUT2D eigenvalue weighted by molar-refractivity contribution is -0.149. The summed E-state index contributed by atoms with van der Waals surface area (Å²) in [5.41, 5.74) is 0. The molecule has 0 amide bonds. The minimum atomic E-state index is -5.84. The van der Waals surface area contributed by atoms with Crippen LogP contribution < -0.4 is 8.31 Å². The number of halogens is 2. The van der Waals surface area contributed by atoms with Crippen LogP contribution in [-0.2, 0) is 45.5 Å². The molecular weight excluding hydrogens is 564 g/mol. The molecule has 9 nitrogen and oxygen atoms in total. The number of epoxide rings is 1. The molecule has 1 saturated heterocycles. The van der Waals surface area contributed by atoms with Crippen LogP contribution in [0.15, 0.2) is 99.6 Å². The van der Waals surface area contributed by atoms with Crippen molar-refractivity contribution in [1.29, 1.82) is 0 Å². The van der Waals surface area contributed by atoms with Gasteiger partial charge in [-0.2, -0.15) is 17.2 Å². The van der Waals surface area contributed by atoms with Crippen LogP contribution in [0.2, 0.25) is 0 Å². The lowest BCUT2D eigenvalue weighted by Gasteiger charge is -2.17. The molecule has 4 rings (SSSR count). The van der Waals surface area contributed by atoms with E-state index >= 15 is 0 Å². The van der Waals surface area contributed by atoms with Crippen molar-refractivity contribution in [2.75, 3.05) is 13.2 Å². The van der Waals surface area contributed by atoms with E-state index in [0.29, 0.717) is 0 Å². The second-order valence-electron chi connectivity index (χ2n) is 7.99. The first-order valence-electron chi connectivity index (χ1n) is 11.0. The molecule has 1 heterocycles. The molecule has 3 aromatic carbocycles. The Kier molecular flexibility index (Phi) is 8.37. The molecule has 38 heavy (non-hydrogen) atoms. The van der Waals surface area contributed by atoms with E-state index < -0.39 is 55.2 Å². The molecule has 1 unspecified atom stereocenters. The van der Waals surface area contributed by atoms with Gasteiger partial charge in [-0.3, -0.25) is 4.79 Å². The third kappa shape index (κ3) is 7.29. The van der Waals surface area contributed by atoms with Crippen molar-refractivity contribution in [2.24, 2.45) is 0 Å². The smallest absolute Gasteiger partial charge is 0.396 e. The van der Waals surface area contributed by atoms with Crippen molar-refractivity contribution >= 4 is 37.2 Å². The molecule has 0 aliphatic carbocycles. The van der Waals surface area contributed by atoms with E-state index in [1.165, 1.54) is 12.1 Å². The van der Waals surface area contributed by atoms with Crippen molar-refractivity contribution in [3.63, 3.8) is 0 Å². The van der Waals surface area contributed by atoms with E-state index in [9.17, 15) is 30.4 Å². The van der Waals surface area contributed by atoms with Gasteiger partial charge in [0.25, 0.3) is 10.0 Å². The van der Waals surface area contributed by atoms with Crippen molar-refractivity contribution in [2.45, 2.75) is 32.5 Å². The van der Waals surface area contributed by atoms with Crippen molar-refractivity contribution < 1.29 is 44.1 Å². The summed E-state index contributed by atoms with van der Waals surface area (Å²) in [7, 11) is -11.6. The standard InChI is InChI=1S/C24H22F2NO8S3/c25-24(26,17-34-23(28)15-19-16-33-19)37(29,30)27-38(31,32)35-18-11-13-22(14-12-18)36(20-7-3-1-4-8-20)21-9-5-2-6-10-21/h1-14,19,27H,15-17H2/q+1. The van der Waals surface area contributed by atoms with Crippen LogP contribution in [0.3, 0.4) is 0 Å². The van der Waals surface area contributed by atoms with Gasteiger partial charge in [-0.15, -0.1) is 0 Å². The Labute approximate surface area is 221 Å². The van der Waals surface area contributed by atoms with Crippen LogP contribution in [0.25, 0.3) is 0 Å². The lowest BCUT2D eigenvalue weighted by Crippen LogP contribution is -2.46. The minimum absolute atomic E-state index is 0.265. The number of carbonyl (C=O) groups is 1. The second-order valence-corrected chi connectivity index (χ2v) is 13.4. The highest BCUT2D eigenvalue weighted by molar-refractivity contribution is 8.03. The normalized spacial score (nSPS) is 15.7. The van der Waals surface area contributed by atoms with Gasteiger partial charge in [-0.25, -0.2) is 8.42 Å². The van der Waals surface area contributed by atoms with Crippen molar-refractivity contribution in [3.8, 4) is 5.75 Å². The van der Waals surface area contributed by atoms with Gasteiger partial charge < -0.3 is 13.7 Å². The maximum atomic E-state index is 14.2. The first-order valence-corrected chi connectivity index (χ1v) is 15.1. The summed E-state index contributed by atoms with van der Waals surface area (Å²) < 4.78 is 91.4. The summed E-state index contributed by atoms with van der Waals surface area (Å²) in [5.74, 6) is -1.41. The summed E-state index contributed by atoms with van der Waals surface area (Å²) in [4.78, 5) is 14.3. The highest BCUT2D eigenvalue weighted by atomic mass is 32.3. The van der Waals surface area contributed by atoms with E-state index in [1.807, 2.05) is 60.7 Å². The largest absolute Gasteiger partial charge is 0.458 e. The topological polar surface area (TPSA) is 128 Å². The molecule has 0 spiro atoms. The molecule has 3 aromatic rings. The Bertz CT molecular complexity index is 1430. The zero-order valence-corrected chi connectivity index (χ0v) is 22.0. The number of ether oxygens (including phenoxy) is 2. The fourth-order valence-corrected chi connectivity index (χ4v) is 7.53. The summed E-state index contributed by atoms with van der Waals surface area (Å²) in [6.45, 7) is -1.61. The summed E-state index contributed by atoms with van der Waals surface area (Å²) in [5, 5.41) is -4.74. The SMILES string of the molecule is O=C(CC1CO1)OCC(F)(F)S(=O)(=O)NS(=O)(=O)Oc1ccc([S+](c2ccccc2)c2ccccc2)cc1. The lowest BCUT2D eigenvalue weighted by atomic mass is 10.3. The number of esters is 1. The fraction of sp³-hybridized carbons (Fsp3) is 0.208. The van der Waals surface area contributed by atoms with Gasteiger partial charge in [0, 0.05) is 0 Å². The van der Waals surface area contributed by atoms with E-state index in [1.54, 1.807) is 12.1 Å². The molecule has 1 fully saturated rings. The molecule has 1 aliphatic heterocycles. The monoisotopic (exact) mass is 586 g/mol. The molecule has 1 atom stereocenters. The number of hydrogen-bond donors (Lipinski definition) is 1. The molecular formula is C24H22F2NO8S3+. The van der Waals surface area contributed by atoms with Crippen LogP contribution in [0.4, 0.5) is 8.78 Å². The van der Waals surface area contributed by atoms with Crippen LogP contribution in [0.5, 0.6) is 5.75 Å². The summed E-state index contributed by atoms with van der Waals surface area (Å²) in [6.07, 6.45) is -0.779. The van der Waals surface area contributed by atoms with E-state index in [4.69, 9.17) is 8.92 Å². The van der Waals surface area contributed by atoms with E-state index in [-0.39, 0.29) is 18.8 Å². The van der Waals surface area contributed by atoms with Gasteiger partial charge in [-0.1, -0.05) is 40.5 Å². The maximum Gasteiger partial charge on any atom is 0.396 e. The average molecular weight is 587 g/mol. The first kappa shape index (κ1) is 28.0. The third-order valence-corrected chi connectivity index (χ3v) is 10.3. The van der Waals surface area contributed by atoms with Gasteiger partial charge in [-0.05, 0) is 48.5 Å². The summed E-state index contributed by atoms with van der Waals surface area (Å²) >= 11 is 0. The van der Waals surface area contributed by atoms with Gasteiger partial charge in [0.1, 0.15) is 5.75 Å². The minimum Gasteiger partial charge on any atom is -0.458 e. The number of hydrogen-bond acceptors (Lipinski definition) is 8. The number of alkyl halides is 2. The molecule has 14 heteroatoms. The van der Waals surface area contributed by atoms with E-state index in [0.717, 1.165) is 18.8 Å². The van der Waals surface area contributed by atoms with Crippen LogP contribution in [0.1, 0.15) is 6.42 Å². The first-order chi connectivity index (χ1) is 18.0. The number of nitrogens with one attached hydrogen (secondary N) is 1. The molecule has 1 aliphatic rings. The Morgan fingerprint density at radius 3 is 1.89 bits per heavy atom. The highest BCUT2D eigenvalue weighted by Crippen LogP contribution is 2.32. The Morgan fingerprint density at radius 1 is 0.895 bits per heavy atom. The molecule has 0 radical (unpaired) electrons. The predicted octanol–water partition coefficient (Wildman–Crippen LogP) is 3.25. The average Bonchev–Trinajstić information content (AvgIpc) is 3.68. The molecule has 0 saturated carbocycles. The Hall–Kier alpha value is -3.04. The number of carbonyl (C=O) groups excluding carboxylic acids is 1. The van der Waals surface area contributed by atoms with E-state index in [2.05, 4.69) is 4.74 Å². The molecule has 0 aromatic heterocycles. The van der Waals surface area contributed by atoms with Gasteiger partial charge in [0.05, 0.1) is 30.0 Å². The molecule has 0 bridgehead atoms. The fourth-order valence-electron chi connectivity index (χ4n) is 3.16. The van der Waals surface area contributed by atoms with Gasteiger partial charge >= 0.3 is 21.5 Å². The molecule has 1 N–H and O–H groups in total. The van der Waals surface area contributed by atoms with Crippen LogP contribution >= 0.6 is 0 Å². The third-order valence-electron chi connectivity index (χ3n) is 5.03.